The van der Waals surface area contributed by atoms with Gasteiger partial charge in [0.05, 0.1) is 24.1 Å². The summed E-state index contributed by atoms with van der Waals surface area (Å²) in [5.41, 5.74) is 3.42. The van der Waals surface area contributed by atoms with E-state index < -0.39 is 18.5 Å². The van der Waals surface area contributed by atoms with Gasteiger partial charge in [0.1, 0.15) is 5.56 Å². The minimum Gasteiger partial charge on any atom is -0.452 e. The van der Waals surface area contributed by atoms with Crippen LogP contribution >= 0.6 is 0 Å². The highest BCUT2D eigenvalue weighted by Gasteiger charge is 2.19. The van der Waals surface area contributed by atoms with Gasteiger partial charge in [0, 0.05) is 12.7 Å². The normalized spacial score (nSPS) is 10.4. The molecule has 0 saturated heterocycles. The number of nitrogens with zero attached hydrogens (tertiary/aromatic N) is 3. The van der Waals surface area contributed by atoms with Crippen molar-refractivity contribution >= 4 is 23.5 Å². The monoisotopic (exact) mass is 420 g/mol. The number of hydrogen-bond acceptors (Lipinski definition) is 5. The van der Waals surface area contributed by atoms with Gasteiger partial charge < -0.3 is 15.0 Å². The van der Waals surface area contributed by atoms with Crippen molar-refractivity contribution in [2.45, 2.75) is 13.8 Å². The van der Waals surface area contributed by atoms with Crippen molar-refractivity contribution in [1.82, 2.24) is 14.7 Å². The third kappa shape index (κ3) is 5.57. The van der Waals surface area contributed by atoms with E-state index in [2.05, 4.69) is 10.4 Å². The highest BCUT2D eigenvalue weighted by atomic mass is 16.5. The molecular weight excluding hydrogens is 396 g/mol. The van der Waals surface area contributed by atoms with Gasteiger partial charge in [-0.15, -0.1) is 0 Å². The van der Waals surface area contributed by atoms with Gasteiger partial charge >= 0.3 is 5.97 Å². The molecule has 1 N–H and O–H groups in total. The lowest BCUT2D eigenvalue weighted by atomic mass is 10.2. The smallest absolute Gasteiger partial charge is 0.342 e. The zero-order valence-corrected chi connectivity index (χ0v) is 17.7. The number of hydrogen-bond donors (Lipinski definition) is 1. The summed E-state index contributed by atoms with van der Waals surface area (Å²) in [5, 5.41) is 6.94. The number of anilines is 1. The van der Waals surface area contributed by atoms with Gasteiger partial charge in [-0.25, -0.2) is 9.48 Å². The lowest BCUT2D eigenvalue weighted by Crippen LogP contribution is -2.37. The number of aryl methyl sites for hydroxylation is 1. The Morgan fingerprint density at radius 1 is 1.03 bits per heavy atom. The Labute approximate surface area is 180 Å². The fourth-order valence-electron chi connectivity index (χ4n) is 2.90. The van der Waals surface area contributed by atoms with Crippen LogP contribution in [0.2, 0.25) is 0 Å². The molecule has 2 aromatic carbocycles. The summed E-state index contributed by atoms with van der Waals surface area (Å²) >= 11 is 0. The standard InChI is InChI=1S/C23H24N4O4/c1-16-9-11-18(12-10-16)25-21(28)14-26(3)22(29)15-31-23(30)20-13-24-27(17(20)2)19-7-5-4-6-8-19/h4-13H,14-15H2,1-3H3,(H,25,28). The van der Waals surface area contributed by atoms with Crippen LogP contribution in [-0.4, -0.2) is 52.7 Å². The molecule has 3 aromatic rings. The average Bonchev–Trinajstić information content (AvgIpc) is 3.15. The number of ether oxygens (including phenoxy) is 1. The summed E-state index contributed by atoms with van der Waals surface area (Å²) in [5.74, 6) is -1.47. The Bertz CT molecular complexity index is 1070. The molecule has 1 heterocycles. The van der Waals surface area contributed by atoms with Gasteiger partial charge in [-0.2, -0.15) is 5.10 Å². The number of esters is 1. The molecule has 160 valence electrons. The maximum Gasteiger partial charge on any atom is 0.342 e. The van der Waals surface area contributed by atoms with Crippen LogP contribution in [-0.2, 0) is 14.3 Å². The number of carbonyl (C=O) groups is 3. The molecule has 31 heavy (non-hydrogen) atoms. The number of para-hydroxylation sites is 1. The minimum atomic E-state index is -0.648. The molecule has 3 rings (SSSR count). The molecule has 0 aliphatic carbocycles. The summed E-state index contributed by atoms with van der Waals surface area (Å²) in [4.78, 5) is 38.0. The van der Waals surface area contributed by atoms with E-state index in [0.29, 0.717) is 11.4 Å². The first-order valence-corrected chi connectivity index (χ1v) is 9.73. The van der Waals surface area contributed by atoms with E-state index in [9.17, 15) is 14.4 Å². The topological polar surface area (TPSA) is 93.5 Å². The van der Waals surface area contributed by atoms with Crippen LogP contribution in [0.25, 0.3) is 5.69 Å². The Morgan fingerprint density at radius 2 is 1.71 bits per heavy atom. The quantitative estimate of drug-likeness (QED) is 0.593. The molecule has 8 nitrogen and oxygen atoms in total. The van der Waals surface area contributed by atoms with Crippen molar-refractivity contribution in [3.63, 3.8) is 0 Å². The molecule has 0 aliphatic heterocycles. The number of benzene rings is 2. The van der Waals surface area contributed by atoms with Crippen molar-refractivity contribution in [1.29, 1.82) is 0 Å². The first kappa shape index (κ1) is 21.8. The third-order valence-electron chi connectivity index (χ3n) is 4.70. The highest BCUT2D eigenvalue weighted by molar-refractivity contribution is 5.95. The average molecular weight is 420 g/mol. The molecule has 1 aromatic heterocycles. The van der Waals surface area contributed by atoms with E-state index in [1.54, 1.807) is 23.7 Å². The Balaban J connectivity index is 1.52. The Hall–Kier alpha value is -3.94. The van der Waals surface area contributed by atoms with Gasteiger partial charge in [0.2, 0.25) is 5.91 Å². The van der Waals surface area contributed by atoms with Gasteiger partial charge in [0.15, 0.2) is 6.61 Å². The zero-order valence-electron chi connectivity index (χ0n) is 17.7. The second-order valence-electron chi connectivity index (χ2n) is 7.13. The lowest BCUT2D eigenvalue weighted by Gasteiger charge is -2.16. The molecule has 2 amide bonds. The second kappa shape index (κ2) is 9.71. The first-order chi connectivity index (χ1) is 14.8. The van der Waals surface area contributed by atoms with Crippen LogP contribution in [0.5, 0.6) is 0 Å². The molecule has 0 bridgehead atoms. The van der Waals surface area contributed by atoms with Crippen LogP contribution < -0.4 is 5.32 Å². The number of amides is 2. The summed E-state index contributed by atoms with van der Waals surface area (Å²) in [6.07, 6.45) is 1.41. The van der Waals surface area contributed by atoms with Crippen molar-refractivity contribution in [3.8, 4) is 5.69 Å². The molecule has 0 unspecified atom stereocenters. The number of carbonyl (C=O) groups excluding carboxylic acids is 3. The Kier molecular flexibility index (Phi) is 6.81. The van der Waals surface area contributed by atoms with E-state index in [-0.39, 0.29) is 18.0 Å². The highest BCUT2D eigenvalue weighted by Crippen LogP contribution is 2.15. The van der Waals surface area contributed by atoms with Crippen molar-refractivity contribution in [2.24, 2.45) is 0 Å². The molecule has 8 heteroatoms. The lowest BCUT2D eigenvalue weighted by molar-refractivity contribution is -0.136. The second-order valence-corrected chi connectivity index (χ2v) is 7.13. The maximum atomic E-state index is 12.4. The van der Waals surface area contributed by atoms with Gasteiger partial charge in [0.25, 0.3) is 5.91 Å². The van der Waals surface area contributed by atoms with E-state index >= 15 is 0 Å². The van der Waals surface area contributed by atoms with Gasteiger partial charge in [-0.05, 0) is 38.1 Å². The predicted octanol–water partition coefficient (Wildman–Crippen LogP) is 2.74. The minimum absolute atomic E-state index is 0.158. The summed E-state index contributed by atoms with van der Waals surface area (Å²) in [7, 11) is 1.48. The van der Waals surface area contributed by atoms with Gasteiger partial charge in [-0.3, -0.25) is 9.59 Å². The maximum absolute atomic E-state index is 12.4. The molecule has 0 fully saturated rings. The van der Waals surface area contributed by atoms with Crippen molar-refractivity contribution < 1.29 is 19.1 Å². The number of likely N-dealkylation sites (N-methyl/N-ethyl adjacent to an activating group) is 1. The SMILES string of the molecule is Cc1ccc(NC(=O)CN(C)C(=O)COC(=O)c2cnn(-c3ccccc3)c2C)cc1. The summed E-state index contributed by atoms with van der Waals surface area (Å²) < 4.78 is 6.76. The van der Waals surface area contributed by atoms with Crippen LogP contribution in [0.15, 0.2) is 60.8 Å². The summed E-state index contributed by atoms with van der Waals surface area (Å²) in [6.45, 7) is 3.08. The van der Waals surface area contributed by atoms with Crippen LogP contribution in [0.1, 0.15) is 21.6 Å². The van der Waals surface area contributed by atoms with Gasteiger partial charge in [-0.1, -0.05) is 35.9 Å². The third-order valence-corrected chi connectivity index (χ3v) is 4.70. The largest absolute Gasteiger partial charge is 0.452 e. The fraction of sp³-hybridized carbons (Fsp3) is 0.217. The molecule has 0 aliphatic rings. The van der Waals surface area contributed by atoms with E-state index in [0.717, 1.165) is 11.3 Å². The van der Waals surface area contributed by atoms with Crippen LogP contribution in [0.4, 0.5) is 5.69 Å². The first-order valence-electron chi connectivity index (χ1n) is 9.73. The fourth-order valence-corrected chi connectivity index (χ4v) is 2.90. The predicted molar refractivity (Wildman–Crippen MR) is 116 cm³/mol. The van der Waals surface area contributed by atoms with Crippen molar-refractivity contribution in [2.75, 3.05) is 25.5 Å². The number of rotatable bonds is 7. The van der Waals surface area contributed by atoms with E-state index in [1.807, 2.05) is 49.4 Å². The zero-order chi connectivity index (χ0) is 22.4. The van der Waals surface area contributed by atoms with E-state index in [1.165, 1.54) is 18.1 Å². The molecule has 0 atom stereocenters. The molecule has 0 saturated carbocycles. The summed E-state index contributed by atoms with van der Waals surface area (Å²) in [6, 6.07) is 16.7. The van der Waals surface area contributed by atoms with Crippen LogP contribution in [0.3, 0.4) is 0 Å². The Morgan fingerprint density at radius 3 is 2.39 bits per heavy atom. The van der Waals surface area contributed by atoms with Crippen molar-refractivity contribution in [3.05, 3.63) is 77.6 Å². The molecule has 0 spiro atoms. The number of aromatic nitrogens is 2. The molecular formula is C23H24N4O4. The number of nitrogens with one attached hydrogen (secondary N) is 1. The molecule has 0 radical (unpaired) electrons. The van der Waals surface area contributed by atoms with E-state index in [4.69, 9.17) is 4.74 Å². The van der Waals surface area contributed by atoms with Crippen LogP contribution in [0, 0.1) is 13.8 Å².